The van der Waals surface area contributed by atoms with Crippen LogP contribution in [0.25, 0.3) is 0 Å². The van der Waals surface area contributed by atoms with Gasteiger partial charge in [-0.1, -0.05) is 6.92 Å². The molecule has 0 aliphatic heterocycles. The van der Waals surface area contributed by atoms with Crippen LogP contribution in [0.4, 0.5) is 15.8 Å². The molecule has 0 bridgehead atoms. The molecule has 0 heterocycles. The number of halogens is 1. The average Bonchev–Trinajstić information content (AvgIpc) is 2.22. The topological polar surface area (TPSA) is 58.2 Å². The van der Waals surface area contributed by atoms with Crippen LogP contribution in [0.1, 0.15) is 20.3 Å². The number of amides is 2. The van der Waals surface area contributed by atoms with Gasteiger partial charge in [-0.2, -0.15) is 0 Å². The fraction of sp³-hybridized carbons (Fsp3) is 0.273. The number of hydrogen-bond donors (Lipinski definition) is 2. The minimum Gasteiger partial charge on any atom is -0.326 e. The first kappa shape index (κ1) is 12.2. The minimum atomic E-state index is -0.537. The summed E-state index contributed by atoms with van der Waals surface area (Å²) in [5, 5.41) is 4.92. The highest BCUT2D eigenvalue weighted by Crippen LogP contribution is 2.19. The van der Waals surface area contributed by atoms with Gasteiger partial charge in [-0.3, -0.25) is 9.59 Å². The first-order valence-corrected chi connectivity index (χ1v) is 4.90. The van der Waals surface area contributed by atoms with Crippen molar-refractivity contribution >= 4 is 23.2 Å². The Morgan fingerprint density at radius 3 is 2.56 bits per heavy atom. The normalized spacial score (nSPS) is 9.69. The lowest BCUT2D eigenvalue weighted by Crippen LogP contribution is -2.11. The van der Waals surface area contributed by atoms with Crippen molar-refractivity contribution in [1.82, 2.24) is 0 Å². The molecule has 0 saturated carbocycles. The van der Waals surface area contributed by atoms with Crippen molar-refractivity contribution in [3.63, 3.8) is 0 Å². The van der Waals surface area contributed by atoms with Crippen LogP contribution in [-0.2, 0) is 9.59 Å². The molecule has 0 aromatic heterocycles. The van der Waals surface area contributed by atoms with Gasteiger partial charge in [0, 0.05) is 19.0 Å². The summed E-state index contributed by atoms with van der Waals surface area (Å²) in [5.41, 5.74) is 0.512. The second kappa shape index (κ2) is 5.25. The summed E-state index contributed by atoms with van der Waals surface area (Å²) in [6.45, 7) is 3.00. The summed E-state index contributed by atoms with van der Waals surface area (Å²) in [6.07, 6.45) is 0.340. The lowest BCUT2D eigenvalue weighted by atomic mass is 10.2. The third-order valence-corrected chi connectivity index (χ3v) is 1.88. The predicted molar refractivity (Wildman–Crippen MR) is 59.6 cm³/mol. The van der Waals surface area contributed by atoms with E-state index in [-0.39, 0.29) is 17.5 Å². The van der Waals surface area contributed by atoms with Crippen molar-refractivity contribution in [2.24, 2.45) is 0 Å². The van der Waals surface area contributed by atoms with E-state index in [1.54, 1.807) is 6.92 Å². The maximum atomic E-state index is 13.2. The average molecular weight is 224 g/mol. The van der Waals surface area contributed by atoms with Gasteiger partial charge in [0.05, 0.1) is 5.69 Å². The van der Waals surface area contributed by atoms with E-state index in [4.69, 9.17) is 0 Å². The van der Waals surface area contributed by atoms with Crippen molar-refractivity contribution < 1.29 is 14.0 Å². The number of anilines is 2. The first-order chi connectivity index (χ1) is 7.52. The van der Waals surface area contributed by atoms with E-state index >= 15 is 0 Å². The van der Waals surface area contributed by atoms with Crippen molar-refractivity contribution in [2.75, 3.05) is 10.6 Å². The van der Waals surface area contributed by atoms with Gasteiger partial charge in [0.1, 0.15) is 5.82 Å². The van der Waals surface area contributed by atoms with Gasteiger partial charge in [0.2, 0.25) is 11.8 Å². The van der Waals surface area contributed by atoms with Crippen molar-refractivity contribution in [3.05, 3.63) is 24.0 Å². The van der Waals surface area contributed by atoms with Gasteiger partial charge in [-0.05, 0) is 18.2 Å². The molecule has 0 aliphatic carbocycles. The number of carbonyl (C=O) groups is 2. The zero-order valence-electron chi connectivity index (χ0n) is 9.13. The second-order valence-electron chi connectivity index (χ2n) is 3.28. The van der Waals surface area contributed by atoms with Crippen molar-refractivity contribution in [2.45, 2.75) is 20.3 Å². The highest BCUT2D eigenvalue weighted by atomic mass is 19.1. The zero-order chi connectivity index (χ0) is 12.1. The van der Waals surface area contributed by atoms with E-state index in [2.05, 4.69) is 10.6 Å². The Kier molecular flexibility index (Phi) is 3.99. The molecule has 0 aliphatic rings. The molecule has 0 saturated heterocycles. The Hall–Kier alpha value is -1.91. The first-order valence-electron chi connectivity index (χ1n) is 4.90. The molecule has 0 atom stereocenters. The highest BCUT2D eigenvalue weighted by Gasteiger charge is 2.06. The Balaban J connectivity index is 2.88. The predicted octanol–water partition coefficient (Wildman–Crippen LogP) is 2.13. The Labute approximate surface area is 92.8 Å². The summed E-state index contributed by atoms with van der Waals surface area (Å²) < 4.78 is 13.2. The lowest BCUT2D eigenvalue weighted by molar-refractivity contribution is -0.116. The van der Waals surface area contributed by atoms with E-state index in [1.165, 1.54) is 25.1 Å². The van der Waals surface area contributed by atoms with E-state index in [9.17, 15) is 14.0 Å². The summed E-state index contributed by atoms with van der Waals surface area (Å²) in [4.78, 5) is 21.9. The second-order valence-corrected chi connectivity index (χ2v) is 3.28. The maximum absolute atomic E-state index is 13.2. The summed E-state index contributed by atoms with van der Waals surface area (Å²) >= 11 is 0. The van der Waals surface area contributed by atoms with Crippen LogP contribution in [0.2, 0.25) is 0 Å². The molecule has 0 fully saturated rings. The maximum Gasteiger partial charge on any atom is 0.224 e. The van der Waals surface area contributed by atoms with Crippen molar-refractivity contribution in [1.29, 1.82) is 0 Å². The summed E-state index contributed by atoms with van der Waals surface area (Å²) in [7, 11) is 0. The minimum absolute atomic E-state index is 0.0569. The third kappa shape index (κ3) is 3.34. The lowest BCUT2D eigenvalue weighted by Gasteiger charge is -2.08. The van der Waals surface area contributed by atoms with Crippen molar-refractivity contribution in [3.8, 4) is 0 Å². The van der Waals surface area contributed by atoms with Gasteiger partial charge in [-0.15, -0.1) is 0 Å². The summed E-state index contributed by atoms with van der Waals surface area (Å²) in [6, 6.07) is 4.01. The molecule has 0 radical (unpaired) electrons. The molecular weight excluding hydrogens is 211 g/mol. The van der Waals surface area contributed by atoms with Gasteiger partial charge in [-0.25, -0.2) is 4.39 Å². The van der Waals surface area contributed by atoms with Gasteiger partial charge in [0.15, 0.2) is 0 Å². The molecule has 1 aromatic carbocycles. The SMILES string of the molecule is CCC(=O)Nc1ccc(F)c(NC(C)=O)c1. The molecule has 86 valence electrons. The van der Waals surface area contributed by atoms with E-state index in [1.807, 2.05) is 0 Å². The van der Waals surface area contributed by atoms with Gasteiger partial charge < -0.3 is 10.6 Å². The van der Waals surface area contributed by atoms with Crippen LogP contribution in [0, 0.1) is 5.82 Å². The molecular formula is C11H13FN2O2. The Morgan fingerprint density at radius 2 is 2.00 bits per heavy atom. The smallest absolute Gasteiger partial charge is 0.224 e. The molecule has 0 unspecified atom stereocenters. The number of rotatable bonds is 3. The molecule has 4 nitrogen and oxygen atoms in total. The Morgan fingerprint density at radius 1 is 1.31 bits per heavy atom. The van der Waals surface area contributed by atoms with Crippen LogP contribution in [0.5, 0.6) is 0 Å². The number of benzene rings is 1. The highest BCUT2D eigenvalue weighted by molar-refractivity contribution is 5.93. The molecule has 1 rings (SSSR count). The zero-order valence-corrected chi connectivity index (χ0v) is 9.13. The standard InChI is InChI=1S/C11H13FN2O2/c1-3-11(16)14-8-4-5-9(12)10(6-8)13-7(2)15/h4-6H,3H2,1-2H3,(H,13,15)(H,14,16). The quantitative estimate of drug-likeness (QED) is 0.826. The number of carbonyl (C=O) groups excluding carboxylic acids is 2. The molecule has 2 N–H and O–H groups in total. The van der Waals surface area contributed by atoms with E-state index in [0.717, 1.165) is 0 Å². The molecule has 1 aromatic rings. The van der Waals surface area contributed by atoms with E-state index < -0.39 is 5.82 Å². The number of hydrogen-bond acceptors (Lipinski definition) is 2. The molecule has 5 heteroatoms. The summed E-state index contributed by atoms with van der Waals surface area (Å²) in [5.74, 6) is -1.07. The Bertz CT molecular complexity index is 418. The third-order valence-electron chi connectivity index (χ3n) is 1.88. The van der Waals surface area contributed by atoms with E-state index in [0.29, 0.717) is 12.1 Å². The monoisotopic (exact) mass is 224 g/mol. The van der Waals surface area contributed by atoms with Crippen LogP contribution in [0.15, 0.2) is 18.2 Å². The fourth-order valence-corrected chi connectivity index (χ4v) is 1.14. The van der Waals surface area contributed by atoms with Gasteiger partial charge in [0.25, 0.3) is 0 Å². The van der Waals surface area contributed by atoms with Crippen LogP contribution >= 0.6 is 0 Å². The van der Waals surface area contributed by atoms with Gasteiger partial charge >= 0.3 is 0 Å². The largest absolute Gasteiger partial charge is 0.326 e. The van der Waals surface area contributed by atoms with Crippen LogP contribution in [-0.4, -0.2) is 11.8 Å². The number of nitrogens with one attached hydrogen (secondary N) is 2. The fourth-order valence-electron chi connectivity index (χ4n) is 1.14. The molecule has 0 spiro atoms. The van der Waals surface area contributed by atoms with Crippen LogP contribution < -0.4 is 10.6 Å². The molecule has 16 heavy (non-hydrogen) atoms. The van der Waals surface area contributed by atoms with Crippen LogP contribution in [0.3, 0.4) is 0 Å². The molecule has 2 amide bonds.